The van der Waals surface area contributed by atoms with E-state index >= 15 is 0 Å². The van der Waals surface area contributed by atoms with Gasteiger partial charge in [0.2, 0.25) is 5.91 Å². The fraction of sp³-hybridized carbons (Fsp3) is 0.944. The number of nitrogens with two attached hydrogens (primary N) is 1. The Labute approximate surface area is 131 Å². The van der Waals surface area contributed by atoms with Crippen LogP contribution in [0.5, 0.6) is 0 Å². The molecule has 3 nitrogen and oxygen atoms in total. The molecule has 1 aliphatic carbocycles. The molecule has 1 fully saturated rings. The standard InChI is InChI=1S/C18H36N2O/c1-2-3-4-5-6-7-8-9-10-11-17(21)20-16-18(12-13-18)14-15-19/h2-16,19H2,1H3,(H,20,21). The molecule has 0 aromatic rings. The molecule has 1 saturated carbocycles. The minimum Gasteiger partial charge on any atom is -0.356 e. The van der Waals surface area contributed by atoms with Crippen molar-refractivity contribution in [2.75, 3.05) is 13.1 Å². The van der Waals surface area contributed by atoms with Crippen molar-refractivity contribution in [3.8, 4) is 0 Å². The van der Waals surface area contributed by atoms with Gasteiger partial charge in [-0.1, -0.05) is 58.3 Å². The molecule has 0 aromatic heterocycles. The highest BCUT2D eigenvalue weighted by Gasteiger charge is 2.41. The van der Waals surface area contributed by atoms with E-state index in [4.69, 9.17) is 5.73 Å². The van der Waals surface area contributed by atoms with Gasteiger partial charge in [-0.2, -0.15) is 0 Å². The second-order valence-electron chi connectivity index (χ2n) is 6.89. The van der Waals surface area contributed by atoms with E-state index in [1.165, 1.54) is 64.2 Å². The molecule has 3 N–H and O–H groups in total. The van der Waals surface area contributed by atoms with E-state index in [9.17, 15) is 4.79 Å². The van der Waals surface area contributed by atoms with Crippen LogP contribution in [-0.4, -0.2) is 19.0 Å². The van der Waals surface area contributed by atoms with E-state index in [-0.39, 0.29) is 5.91 Å². The van der Waals surface area contributed by atoms with Gasteiger partial charge >= 0.3 is 0 Å². The molecule has 3 heteroatoms. The minimum absolute atomic E-state index is 0.237. The first-order valence-electron chi connectivity index (χ1n) is 9.19. The maximum atomic E-state index is 11.8. The van der Waals surface area contributed by atoms with Crippen LogP contribution in [0.3, 0.4) is 0 Å². The topological polar surface area (TPSA) is 55.1 Å². The molecular formula is C18H36N2O. The van der Waals surface area contributed by atoms with Crippen LogP contribution in [0, 0.1) is 5.41 Å². The Balaban J connectivity index is 1.85. The molecule has 0 spiro atoms. The number of hydrogen-bond acceptors (Lipinski definition) is 2. The zero-order valence-electron chi connectivity index (χ0n) is 14.1. The van der Waals surface area contributed by atoms with Crippen LogP contribution >= 0.6 is 0 Å². The van der Waals surface area contributed by atoms with Gasteiger partial charge < -0.3 is 11.1 Å². The Morgan fingerprint density at radius 3 is 2.10 bits per heavy atom. The number of nitrogens with one attached hydrogen (secondary N) is 1. The van der Waals surface area contributed by atoms with Gasteiger partial charge in [-0.25, -0.2) is 0 Å². The molecule has 21 heavy (non-hydrogen) atoms. The van der Waals surface area contributed by atoms with Gasteiger partial charge in [0.1, 0.15) is 0 Å². The van der Waals surface area contributed by atoms with Crippen molar-refractivity contribution in [1.82, 2.24) is 5.32 Å². The summed E-state index contributed by atoms with van der Waals surface area (Å²) >= 11 is 0. The first-order chi connectivity index (χ1) is 10.2. The van der Waals surface area contributed by atoms with Crippen LogP contribution in [0.4, 0.5) is 0 Å². The molecule has 124 valence electrons. The quantitative estimate of drug-likeness (QED) is 0.473. The lowest BCUT2D eigenvalue weighted by atomic mass is 10.0. The average molecular weight is 296 g/mol. The predicted molar refractivity (Wildman–Crippen MR) is 90.2 cm³/mol. The molecule has 0 atom stereocenters. The zero-order chi connectivity index (χ0) is 15.4. The summed E-state index contributed by atoms with van der Waals surface area (Å²) in [6, 6.07) is 0. The summed E-state index contributed by atoms with van der Waals surface area (Å²) < 4.78 is 0. The van der Waals surface area contributed by atoms with E-state index < -0.39 is 0 Å². The van der Waals surface area contributed by atoms with E-state index in [0.29, 0.717) is 11.8 Å². The third-order valence-electron chi connectivity index (χ3n) is 4.80. The highest BCUT2D eigenvalue weighted by Crippen LogP contribution is 2.47. The van der Waals surface area contributed by atoms with Crippen molar-refractivity contribution < 1.29 is 4.79 Å². The molecule has 0 heterocycles. The Morgan fingerprint density at radius 2 is 1.57 bits per heavy atom. The highest BCUT2D eigenvalue weighted by molar-refractivity contribution is 5.75. The third kappa shape index (κ3) is 9.13. The summed E-state index contributed by atoms with van der Waals surface area (Å²) in [5, 5.41) is 3.10. The first-order valence-corrected chi connectivity index (χ1v) is 9.19. The van der Waals surface area contributed by atoms with Crippen LogP contribution < -0.4 is 11.1 Å². The van der Waals surface area contributed by atoms with Crippen molar-refractivity contribution in [2.24, 2.45) is 11.1 Å². The molecule has 0 saturated heterocycles. The van der Waals surface area contributed by atoms with E-state index in [1.54, 1.807) is 0 Å². The van der Waals surface area contributed by atoms with E-state index in [1.807, 2.05) is 0 Å². The summed E-state index contributed by atoms with van der Waals surface area (Å²) in [7, 11) is 0. The van der Waals surface area contributed by atoms with Gasteiger partial charge in [-0.3, -0.25) is 4.79 Å². The smallest absolute Gasteiger partial charge is 0.220 e. The van der Waals surface area contributed by atoms with Gasteiger partial charge in [-0.15, -0.1) is 0 Å². The van der Waals surface area contributed by atoms with Gasteiger partial charge in [-0.05, 0) is 37.6 Å². The zero-order valence-corrected chi connectivity index (χ0v) is 14.1. The summed E-state index contributed by atoms with van der Waals surface area (Å²) in [5.41, 5.74) is 5.98. The summed E-state index contributed by atoms with van der Waals surface area (Å²) in [6.07, 6.45) is 16.0. The van der Waals surface area contributed by atoms with Crippen molar-refractivity contribution in [1.29, 1.82) is 0 Å². The molecule has 1 aliphatic rings. The maximum absolute atomic E-state index is 11.8. The molecule has 0 unspecified atom stereocenters. The Bertz CT molecular complexity index is 274. The van der Waals surface area contributed by atoms with Crippen molar-refractivity contribution in [3.05, 3.63) is 0 Å². The van der Waals surface area contributed by atoms with Crippen LogP contribution in [0.15, 0.2) is 0 Å². The van der Waals surface area contributed by atoms with Gasteiger partial charge in [0.05, 0.1) is 0 Å². The second kappa shape index (κ2) is 11.1. The van der Waals surface area contributed by atoms with Gasteiger partial charge in [0, 0.05) is 13.0 Å². The van der Waals surface area contributed by atoms with Crippen LogP contribution in [-0.2, 0) is 4.79 Å². The second-order valence-corrected chi connectivity index (χ2v) is 6.89. The predicted octanol–water partition coefficient (Wildman–Crippen LogP) is 4.15. The molecule has 0 bridgehead atoms. The van der Waals surface area contributed by atoms with Gasteiger partial charge in [0.15, 0.2) is 0 Å². The van der Waals surface area contributed by atoms with Crippen molar-refractivity contribution in [3.63, 3.8) is 0 Å². The molecule has 1 rings (SSSR count). The number of rotatable bonds is 14. The molecule has 0 aliphatic heterocycles. The largest absolute Gasteiger partial charge is 0.356 e. The molecule has 1 amide bonds. The molecular weight excluding hydrogens is 260 g/mol. The molecule has 0 radical (unpaired) electrons. The van der Waals surface area contributed by atoms with Crippen LogP contribution in [0.25, 0.3) is 0 Å². The van der Waals surface area contributed by atoms with Crippen LogP contribution in [0.2, 0.25) is 0 Å². The Kier molecular flexibility index (Phi) is 9.73. The van der Waals surface area contributed by atoms with Crippen molar-refractivity contribution in [2.45, 2.75) is 90.4 Å². The Hall–Kier alpha value is -0.570. The lowest BCUT2D eigenvalue weighted by Gasteiger charge is -2.14. The van der Waals surface area contributed by atoms with E-state index in [0.717, 1.165) is 25.9 Å². The van der Waals surface area contributed by atoms with Gasteiger partial charge in [0.25, 0.3) is 0 Å². The minimum atomic E-state index is 0.237. The lowest BCUT2D eigenvalue weighted by Crippen LogP contribution is -2.31. The number of amides is 1. The van der Waals surface area contributed by atoms with Crippen molar-refractivity contribution >= 4 is 5.91 Å². The average Bonchev–Trinajstić information content (AvgIpc) is 3.24. The van der Waals surface area contributed by atoms with Crippen LogP contribution in [0.1, 0.15) is 90.4 Å². The normalized spacial score (nSPS) is 15.9. The number of carbonyl (C=O) groups is 1. The third-order valence-corrected chi connectivity index (χ3v) is 4.80. The Morgan fingerprint density at radius 1 is 1.00 bits per heavy atom. The molecule has 0 aromatic carbocycles. The summed E-state index contributed by atoms with van der Waals surface area (Å²) in [6.45, 7) is 3.85. The number of hydrogen-bond donors (Lipinski definition) is 2. The fourth-order valence-corrected chi connectivity index (χ4v) is 2.97. The maximum Gasteiger partial charge on any atom is 0.220 e. The monoisotopic (exact) mass is 296 g/mol. The number of carbonyl (C=O) groups excluding carboxylic acids is 1. The van der Waals surface area contributed by atoms with E-state index in [2.05, 4.69) is 12.2 Å². The fourth-order valence-electron chi connectivity index (χ4n) is 2.97. The lowest BCUT2D eigenvalue weighted by molar-refractivity contribution is -0.121. The summed E-state index contributed by atoms with van der Waals surface area (Å²) in [4.78, 5) is 11.8. The SMILES string of the molecule is CCCCCCCCCCCC(=O)NCC1(CCN)CC1. The highest BCUT2D eigenvalue weighted by atomic mass is 16.1. The number of unbranched alkanes of at least 4 members (excludes halogenated alkanes) is 8. The first kappa shape index (κ1) is 18.5. The summed E-state index contributed by atoms with van der Waals surface area (Å²) in [5.74, 6) is 0.237.